The van der Waals surface area contributed by atoms with E-state index in [1.807, 2.05) is 13.2 Å². The average Bonchev–Trinajstić information content (AvgIpc) is 2.21. The molecule has 3 N–H and O–H groups in total. The maximum Gasteiger partial charge on any atom is 0.229 e. The van der Waals surface area contributed by atoms with Crippen LogP contribution in [0.2, 0.25) is 0 Å². The van der Waals surface area contributed by atoms with Crippen molar-refractivity contribution in [2.45, 2.75) is 31.9 Å². The molecule has 2 atom stereocenters. The topological polar surface area (TPSA) is 55.1 Å². The maximum atomic E-state index is 11.7. The zero-order chi connectivity index (χ0) is 11.8. The molecule has 15 heavy (non-hydrogen) atoms. The molecule has 0 saturated carbocycles. The van der Waals surface area contributed by atoms with Gasteiger partial charge in [0.2, 0.25) is 5.91 Å². The van der Waals surface area contributed by atoms with Gasteiger partial charge in [-0.1, -0.05) is 32.5 Å². The minimum atomic E-state index is -0.306. The minimum Gasteiger partial charge on any atom is -0.393 e. The fourth-order valence-corrected chi connectivity index (χ4v) is 1.62. The highest BCUT2D eigenvalue weighted by Crippen LogP contribution is 2.08. The van der Waals surface area contributed by atoms with Crippen LogP contribution in [-0.4, -0.2) is 28.9 Å². The number of hydrogen-bond acceptors (Lipinski definition) is 3. The molecule has 0 aromatic carbocycles. The Bertz CT molecular complexity index is 221. The quantitative estimate of drug-likeness (QED) is 0.671. The monoisotopic (exact) mass is 248 g/mol. The molecule has 2 unspecified atom stereocenters. The fraction of sp³-hybridized carbons (Fsp3) is 0.800. The van der Waals surface area contributed by atoms with E-state index < -0.39 is 0 Å². The molecule has 0 aliphatic carbocycles. The van der Waals surface area contributed by atoms with Crippen LogP contribution in [0.25, 0.3) is 0 Å². The normalized spacial score (nSPS) is 14.3. The first kappa shape index (κ1) is 14.7. The summed E-state index contributed by atoms with van der Waals surface area (Å²) < 4.78 is 0. The smallest absolute Gasteiger partial charge is 0.229 e. The van der Waals surface area contributed by atoms with Crippen molar-refractivity contribution in [1.29, 1.82) is 0 Å². The Kier molecular flexibility index (Phi) is 7.78. The molecule has 0 radical (unpaired) electrons. The molecule has 0 spiro atoms. The van der Waals surface area contributed by atoms with E-state index in [1.165, 1.54) is 0 Å². The van der Waals surface area contributed by atoms with E-state index in [2.05, 4.69) is 12.2 Å². The molecule has 0 aliphatic heterocycles. The number of thiocarbonyl (C=S) groups is 1. The van der Waals surface area contributed by atoms with Gasteiger partial charge in [-0.05, 0) is 12.7 Å². The summed E-state index contributed by atoms with van der Waals surface area (Å²) in [6.07, 6.45) is 3.66. The van der Waals surface area contributed by atoms with Gasteiger partial charge in [0.25, 0.3) is 0 Å². The molecule has 88 valence electrons. The summed E-state index contributed by atoms with van der Waals surface area (Å²) in [5, 5.41) is 3.29. The van der Waals surface area contributed by atoms with Crippen LogP contribution >= 0.6 is 24.0 Å². The molecule has 0 aliphatic rings. The first-order valence-electron chi connectivity index (χ1n) is 5.12. The van der Waals surface area contributed by atoms with Crippen molar-refractivity contribution in [3.63, 3.8) is 0 Å². The summed E-state index contributed by atoms with van der Waals surface area (Å²) in [6.45, 7) is 4.76. The van der Waals surface area contributed by atoms with Crippen LogP contribution < -0.4 is 11.1 Å². The number of amides is 1. The predicted octanol–water partition coefficient (Wildman–Crippen LogP) is 1.56. The molecule has 5 heteroatoms. The molecular weight excluding hydrogens is 228 g/mol. The second-order valence-electron chi connectivity index (χ2n) is 3.54. The van der Waals surface area contributed by atoms with Crippen LogP contribution in [-0.2, 0) is 4.79 Å². The Morgan fingerprint density at radius 2 is 2.20 bits per heavy atom. The van der Waals surface area contributed by atoms with E-state index >= 15 is 0 Å². The van der Waals surface area contributed by atoms with E-state index in [4.69, 9.17) is 18.0 Å². The van der Waals surface area contributed by atoms with Gasteiger partial charge in [0.15, 0.2) is 0 Å². The van der Waals surface area contributed by atoms with Gasteiger partial charge in [-0.2, -0.15) is 11.8 Å². The number of rotatable bonds is 7. The summed E-state index contributed by atoms with van der Waals surface area (Å²) in [6, 6.07) is 0. The van der Waals surface area contributed by atoms with Crippen LogP contribution in [0, 0.1) is 5.92 Å². The van der Waals surface area contributed by atoms with E-state index in [9.17, 15) is 4.79 Å². The Balaban J connectivity index is 4.09. The molecule has 0 aromatic heterocycles. The highest BCUT2D eigenvalue weighted by molar-refractivity contribution is 7.99. The first-order valence-corrected chi connectivity index (χ1v) is 6.82. The van der Waals surface area contributed by atoms with Crippen LogP contribution in [0.4, 0.5) is 0 Å². The highest BCUT2D eigenvalue weighted by atomic mass is 32.2. The second-order valence-corrected chi connectivity index (χ2v) is 5.28. The lowest BCUT2D eigenvalue weighted by atomic mass is 10.0. The van der Waals surface area contributed by atoms with E-state index in [1.54, 1.807) is 11.8 Å². The van der Waals surface area contributed by atoms with Gasteiger partial charge in [0.05, 0.1) is 10.9 Å². The fourth-order valence-electron chi connectivity index (χ4n) is 1.14. The van der Waals surface area contributed by atoms with Gasteiger partial charge < -0.3 is 11.1 Å². The molecule has 0 saturated heterocycles. The van der Waals surface area contributed by atoms with Gasteiger partial charge in [0, 0.05) is 11.8 Å². The summed E-state index contributed by atoms with van der Waals surface area (Å²) >= 11 is 6.60. The van der Waals surface area contributed by atoms with Gasteiger partial charge in [-0.15, -0.1) is 0 Å². The van der Waals surface area contributed by atoms with E-state index in [0.29, 0.717) is 16.8 Å². The standard InChI is InChI=1S/C10H20N2OS2/c1-4-5-8(9(11)14)10(13)12-6-7(2)15-3/h7-8H,4-6H2,1-3H3,(H2,11,14)(H,12,13). The minimum absolute atomic E-state index is 0.0368. The van der Waals surface area contributed by atoms with Crippen molar-refractivity contribution in [3.8, 4) is 0 Å². The van der Waals surface area contributed by atoms with Crippen LogP contribution in [0.3, 0.4) is 0 Å². The molecule has 0 bridgehead atoms. The van der Waals surface area contributed by atoms with Gasteiger partial charge in [-0.3, -0.25) is 4.79 Å². The van der Waals surface area contributed by atoms with Crippen molar-refractivity contribution >= 4 is 34.9 Å². The molecule has 0 fully saturated rings. The largest absolute Gasteiger partial charge is 0.393 e. The lowest BCUT2D eigenvalue weighted by molar-refractivity contribution is -0.123. The van der Waals surface area contributed by atoms with E-state index in [-0.39, 0.29) is 11.8 Å². The first-order chi connectivity index (χ1) is 7.02. The van der Waals surface area contributed by atoms with Crippen LogP contribution in [0.1, 0.15) is 26.7 Å². The Labute approximate surface area is 102 Å². The SMILES string of the molecule is CCCC(C(=O)NCC(C)SC)C(N)=S. The molecule has 0 heterocycles. The summed E-state index contributed by atoms with van der Waals surface area (Å²) in [4.78, 5) is 12.0. The van der Waals surface area contributed by atoms with Crippen LogP contribution in [0.5, 0.6) is 0 Å². The third kappa shape index (κ3) is 5.99. The Morgan fingerprint density at radius 1 is 1.60 bits per heavy atom. The van der Waals surface area contributed by atoms with Crippen molar-refractivity contribution in [1.82, 2.24) is 5.32 Å². The zero-order valence-electron chi connectivity index (χ0n) is 9.58. The molecule has 0 aromatic rings. The predicted molar refractivity (Wildman–Crippen MR) is 71.2 cm³/mol. The number of nitrogens with two attached hydrogens (primary N) is 1. The summed E-state index contributed by atoms with van der Waals surface area (Å²) in [7, 11) is 0. The second kappa shape index (κ2) is 7.93. The lowest BCUT2D eigenvalue weighted by Gasteiger charge is -2.16. The molecule has 1 amide bonds. The van der Waals surface area contributed by atoms with Crippen molar-refractivity contribution in [3.05, 3.63) is 0 Å². The van der Waals surface area contributed by atoms with Crippen LogP contribution in [0.15, 0.2) is 0 Å². The third-order valence-electron chi connectivity index (χ3n) is 2.20. The van der Waals surface area contributed by atoms with Crippen molar-refractivity contribution < 1.29 is 4.79 Å². The van der Waals surface area contributed by atoms with Gasteiger partial charge in [0.1, 0.15) is 0 Å². The summed E-state index contributed by atoms with van der Waals surface area (Å²) in [5.41, 5.74) is 5.53. The van der Waals surface area contributed by atoms with Gasteiger partial charge >= 0.3 is 0 Å². The number of carbonyl (C=O) groups excluding carboxylic acids is 1. The van der Waals surface area contributed by atoms with Crippen molar-refractivity contribution in [2.75, 3.05) is 12.8 Å². The number of carbonyl (C=O) groups is 1. The number of hydrogen-bond donors (Lipinski definition) is 2. The third-order valence-corrected chi connectivity index (χ3v) is 3.46. The molecule has 0 rings (SSSR count). The summed E-state index contributed by atoms with van der Waals surface area (Å²) in [5.74, 6) is -0.343. The maximum absolute atomic E-state index is 11.7. The Morgan fingerprint density at radius 3 is 2.60 bits per heavy atom. The molecular formula is C10H20N2OS2. The zero-order valence-corrected chi connectivity index (χ0v) is 11.2. The highest BCUT2D eigenvalue weighted by Gasteiger charge is 2.20. The lowest BCUT2D eigenvalue weighted by Crippen LogP contribution is -2.40. The average molecular weight is 248 g/mol. The van der Waals surface area contributed by atoms with E-state index in [0.717, 1.165) is 12.8 Å². The van der Waals surface area contributed by atoms with Crippen molar-refractivity contribution in [2.24, 2.45) is 11.7 Å². The number of nitrogens with one attached hydrogen (secondary N) is 1. The van der Waals surface area contributed by atoms with Gasteiger partial charge in [-0.25, -0.2) is 0 Å². The number of thioether (sulfide) groups is 1. The Hall–Kier alpha value is -0.290. The molecule has 3 nitrogen and oxygen atoms in total.